The minimum atomic E-state index is 0.204. The van der Waals surface area contributed by atoms with E-state index < -0.39 is 0 Å². The van der Waals surface area contributed by atoms with Crippen LogP contribution < -0.4 is 15.8 Å². The molecule has 23 heavy (non-hydrogen) atoms. The summed E-state index contributed by atoms with van der Waals surface area (Å²) in [4.78, 5) is 8.49. The van der Waals surface area contributed by atoms with Crippen LogP contribution in [-0.4, -0.2) is 17.1 Å². The number of halogens is 1. The predicted molar refractivity (Wildman–Crippen MR) is 93.2 cm³/mol. The molecule has 0 saturated carbocycles. The summed E-state index contributed by atoms with van der Waals surface area (Å²) in [6.07, 6.45) is 0. The molecular weight excluding hydrogens is 312 g/mol. The van der Waals surface area contributed by atoms with Crippen LogP contribution >= 0.6 is 11.6 Å². The lowest BCUT2D eigenvalue weighted by Crippen LogP contribution is -2.01. The highest BCUT2D eigenvalue weighted by Crippen LogP contribution is 2.29. The zero-order valence-corrected chi connectivity index (χ0v) is 13.2. The second-order valence-electron chi connectivity index (χ2n) is 4.84. The van der Waals surface area contributed by atoms with E-state index in [2.05, 4.69) is 15.3 Å². The lowest BCUT2D eigenvalue weighted by molar-refractivity contribution is 0.415. The van der Waals surface area contributed by atoms with Crippen LogP contribution in [0.15, 0.2) is 54.6 Å². The van der Waals surface area contributed by atoms with E-state index in [1.165, 1.54) is 0 Å². The van der Waals surface area contributed by atoms with Crippen molar-refractivity contribution in [3.8, 4) is 17.0 Å². The van der Waals surface area contributed by atoms with Gasteiger partial charge in [-0.05, 0) is 12.1 Å². The summed E-state index contributed by atoms with van der Waals surface area (Å²) in [5.74, 6) is 1.39. The first-order valence-corrected chi connectivity index (χ1v) is 7.34. The average Bonchev–Trinajstić information content (AvgIpc) is 2.57. The minimum Gasteiger partial charge on any atom is -0.495 e. The summed E-state index contributed by atoms with van der Waals surface area (Å²) >= 11 is 6.03. The molecule has 1 heterocycles. The first kappa shape index (κ1) is 15.1. The van der Waals surface area contributed by atoms with Crippen LogP contribution in [0.5, 0.6) is 5.75 Å². The lowest BCUT2D eigenvalue weighted by Gasteiger charge is -2.10. The number of nitrogen functional groups attached to an aromatic ring is 1. The quantitative estimate of drug-likeness (QED) is 0.754. The van der Waals surface area contributed by atoms with Gasteiger partial charge in [0.15, 0.2) is 0 Å². The fourth-order valence-electron chi connectivity index (χ4n) is 2.17. The summed E-state index contributed by atoms with van der Waals surface area (Å²) < 4.78 is 5.21. The molecule has 0 bridgehead atoms. The van der Waals surface area contributed by atoms with Crippen molar-refractivity contribution in [3.63, 3.8) is 0 Å². The van der Waals surface area contributed by atoms with Gasteiger partial charge in [0.2, 0.25) is 5.95 Å². The molecule has 0 aliphatic rings. The van der Waals surface area contributed by atoms with Crippen molar-refractivity contribution in [2.24, 2.45) is 0 Å². The van der Waals surface area contributed by atoms with Crippen molar-refractivity contribution >= 4 is 29.1 Å². The maximum atomic E-state index is 6.03. The van der Waals surface area contributed by atoms with Gasteiger partial charge in [0.1, 0.15) is 11.6 Å². The van der Waals surface area contributed by atoms with Crippen LogP contribution in [0, 0.1) is 0 Å². The highest BCUT2D eigenvalue weighted by molar-refractivity contribution is 6.32. The smallest absolute Gasteiger partial charge is 0.222 e. The van der Waals surface area contributed by atoms with Crippen molar-refractivity contribution in [2.45, 2.75) is 0 Å². The number of rotatable bonds is 4. The third-order valence-corrected chi connectivity index (χ3v) is 3.55. The fraction of sp³-hybridized carbons (Fsp3) is 0.0588. The van der Waals surface area contributed by atoms with Crippen LogP contribution in [0.4, 0.5) is 17.5 Å². The maximum absolute atomic E-state index is 6.03. The van der Waals surface area contributed by atoms with Gasteiger partial charge in [0.25, 0.3) is 0 Å². The summed E-state index contributed by atoms with van der Waals surface area (Å²) in [7, 11) is 1.57. The molecule has 0 aliphatic heterocycles. The van der Waals surface area contributed by atoms with E-state index in [1.54, 1.807) is 19.2 Å². The van der Waals surface area contributed by atoms with Crippen LogP contribution in [0.2, 0.25) is 5.02 Å². The first-order valence-electron chi connectivity index (χ1n) is 6.96. The van der Waals surface area contributed by atoms with Crippen LogP contribution in [0.25, 0.3) is 11.3 Å². The molecule has 0 saturated heterocycles. The van der Waals surface area contributed by atoms with Crippen molar-refractivity contribution < 1.29 is 4.74 Å². The first-order chi connectivity index (χ1) is 11.2. The van der Waals surface area contributed by atoms with Crippen molar-refractivity contribution in [1.82, 2.24) is 9.97 Å². The van der Waals surface area contributed by atoms with E-state index in [0.717, 1.165) is 16.9 Å². The number of nitrogens with two attached hydrogens (primary N) is 1. The molecule has 0 radical (unpaired) electrons. The molecular formula is C17H15ClN4O. The number of nitrogens with one attached hydrogen (secondary N) is 1. The Hall–Kier alpha value is -2.79. The Kier molecular flexibility index (Phi) is 4.30. The van der Waals surface area contributed by atoms with Crippen LogP contribution in [-0.2, 0) is 0 Å². The van der Waals surface area contributed by atoms with Crippen LogP contribution in [0.3, 0.4) is 0 Å². The van der Waals surface area contributed by atoms with Gasteiger partial charge in [0, 0.05) is 23.4 Å². The van der Waals surface area contributed by atoms with Gasteiger partial charge in [-0.3, -0.25) is 0 Å². The SMILES string of the molecule is COc1cc(Nc2cc(-c3ccccc3)nc(N)n2)ccc1Cl. The second-order valence-corrected chi connectivity index (χ2v) is 5.24. The van der Waals surface area contributed by atoms with Gasteiger partial charge in [-0.2, -0.15) is 4.98 Å². The molecule has 3 N–H and O–H groups in total. The number of nitrogens with zero attached hydrogens (tertiary/aromatic N) is 2. The number of benzene rings is 2. The topological polar surface area (TPSA) is 73.1 Å². The number of methoxy groups -OCH3 is 1. The summed E-state index contributed by atoms with van der Waals surface area (Å²) in [6, 6.07) is 17.0. The summed E-state index contributed by atoms with van der Waals surface area (Å²) in [5.41, 5.74) is 8.34. The molecule has 0 spiro atoms. The Morgan fingerprint density at radius 3 is 2.57 bits per heavy atom. The number of anilines is 3. The van der Waals surface area contributed by atoms with E-state index in [-0.39, 0.29) is 5.95 Å². The zero-order valence-electron chi connectivity index (χ0n) is 12.5. The Labute approximate surface area is 139 Å². The molecule has 6 heteroatoms. The summed E-state index contributed by atoms with van der Waals surface area (Å²) in [6.45, 7) is 0. The fourth-order valence-corrected chi connectivity index (χ4v) is 2.37. The van der Waals surface area contributed by atoms with Gasteiger partial charge in [-0.25, -0.2) is 4.98 Å². The van der Waals surface area contributed by atoms with Crippen molar-refractivity contribution in [3.05, 3.63) is 59.6 Å². The average molecular weight is 327 g/mol. The Bertz CT molecular complexity index is 824. The molecule has 0 atom stereocenters. The maximum Gasteiger partial charge on any atom is 0.222 e. The van der Waals surface area contributed by atoms with Crippen LogP contribution in [0.1, 0.15) is 0 Å². The molecule has 1 aromatic heterocycles. The Balaban J connectivity index is 1.93. The van der Waals surface area contributed by atoms with Gasteiger partial charge >= 0.3 is 0 Å². The predicted octanol–water partition coefficient (Wildman–Crippen LogP) is 4.13. The van der Waals surface area contributed by atoms with E-state index in [4.69, 9.17) is 22.1 Å². The largest absolute Gasteiger partial charge is 0.495 e. The molecule has 3 aromatic rings. The molecule has 0 aliphatic carbocycles. The van der Waals surface area contributed by atoms with Crippen molar-refractivity contribution in [2.75, 3.05) is 18.2 Å². The van der Waals surface area contributed by atoms with E-state index in [1.807, 2.05) is 42.5 Å². The monoisotopic (exact) mass is 326 g/mol. The van der Waals surface area contributed by atoms with Gasteiger partial charge in [-0.1, -0.05) is 41.9 Å². The molecule has 0 unspecified atom stereocenters. The zero-order chi connectivity index (χ0) is 16.2. The number of hydrogen-bond donors (Lipinski definition) is 2. The molecule has 0 amide bonds. The molecule has 116 valence electrons. The molecule has 0 fully saturated rings. The summed E-state index contributed by atoms with van der Waals surface area (Å²) in [5, 5.41) is 3.73. The Morgan fingerprint density at radius 2 is 1.83 bits per heavy atom. The van der Waals surface area contributed by atoms with E-state index >= 15 is 0 Å². The highest BCUT2D eigenvalue weighted by Gasteiger charge is 2.07. The molecule has 2 aromatic carbocycles. The lowest BCUT2D eigenvalue weighted by atomic mass is 10.1. The van der Waals surface area contributed by atoms with E-state index in [9.17, 15) is 0 Å². The van der Waals surface area contributed by atoms with Gasteiger partial charge in [-0.15, -0.1) is 0 Å². The molecule has 3 rings (SSSR count). The van der Waals surface area contributed by atoms with Gasteiger partial charge < -0.3 is 15.8 Å². The second kappa shape index (κ2) is 6.54. The molecule has 5 nitrogen and oxygen atoms in total. The normalized spacial score (nSPS) is 10.3. The van der Waals surface area contributed by atoms with Crippen molar-refractivity contribution in [1.29, 1.82) is 0 Å². The van der Waals surface area contributed by atoms with E-state index in [0.29, 0.717) is 16.6 Å². The number of hydrogen-bond acceptors (Lipinski definition) is 5. The highest BCUT2D eigenvalue weighted by atomic mass is 35.5. The third-order valence-electron chi connectivity index (χ3n) is 3.24. The minimum absolute atomic E-state index is 0.204. The Morgan fingerprint density at radius 1 is 1.04 bits per heavy atom. The van der Waals surface area contributed by atoms with Gasteiger partial charge in [0.05, 0.1) is 17.8 Å². The number of aromatic nitrogens is 2. The number of ether oxygens (including phenoxy) is 1. The third kappa shape index (κ3) is 3.52. The standard InChI is InChI=1S/C17H15ClN4O/c1-23-15-9-12(7-8-13(15)18)20-16-10-14(21-17(19)22-16)11-5-3-2-4-6-11/h2-10H,1H3,(H3,19,20,21,22).